The molecule has 1 unspecified atom stereocenters. The molecule has 0 radical (unpaired) electrons. The summed E-state index contributed by atoms with van der Waals surface area (Å²) in [4.78, 5) is 24.2. The van der Waals surface area contributed by atoms with Crippen LogP contribution in [0.2, 0.25) is 5.02 Å². The van der Waals surface area contributed by atoms with Crippen LogP contribution in [-0.2, 0) is 9.53 Å². The zero-order valence-corrected chi connectivity index (χ0v) is 14.2. The molecule has 0 bridgehead atoms. The van der Waals surface area contributed by atoms with Gasteiger partial charge in [-0.15, -0.1) is 0 Å². The summed E-state index contributed by atoms with van der Waals surface area (Å²) in [5.74, 6) is -0.380. The third kappa shape index (κ3) is 5.47. The second-order valence-electron chi connectivity index (χ2n) is 5.80. The highest BCUT2D eigenvalue weighted by Crippen LogP contribution is 2.20. The molecule has 1 aromatic rings. The molecule has 2 amide bonds. The molecule has 1 aliphatic heterocycles. The van der Waals surface area contributed by atoms with E-state index in [0.29, 0.717) is 30.2 Å². The molecule has 1 fully saturated rings. The predicted octanol–water partition coefficient (Wildman–Crippen LogP) is 1.36. The van der Waals surface area contributed by atoms with Gasteiger partial charge in [0.1, 0.15) is 0 Å². The van der Waals surface area contributed by atoms with E-state index in [2.05, 4.69) is 10.6 Å². The summed E-state index contributed by atoms with van der Waals surface area (Å²) in [6, 6.07) is 6.57. The van der Waals surface area contributed by atoms with Gasteiger partial charge < -0.3 is 20.5 Å². The summed E-state index contributed by atoms with van der Waals surface area (Å²) < 4.78 is 5.33. The summed E-state index contributed by atoms with van der Waals surface area (Å²) in [7, 11) is 0. The maximum atomic E-state index is 12.1. The van der Waals surface area contributed by atoms with Crippen molar-refractivity contribution in [2.75, 3.05) is 26.4 Å². The monoisotopic (exact) mass is 354 g/mol. The summed E-state index contributed by atoms with van der Waals surface area (Å²) >= 11 is 5.96. The van der Waals surface area contributed by atoms with Crippen LogP contribution >= 0.6 is 11.6 Å². The van der Waals surface area contributed by atoms with Crippen LogP contribution in [0.15, 0.2) is 24.3 Å². The molecule has 0 spiro atoms. The summed E-state index contributed by atoms with van der Waals surface area (Å²) in [5.41, 5.74) is 0.336. The summed E-state index contributed by atoms with van der Waals surface area (Å²) in [6.07, 6.45) is 2.21. The van der Waals surface area contributed by atoms with E-state index < -0.39 is 0 Å². The van der Waals surface area contributed by atoms with Crippen molar-refractivity contribution < 1.29 is 19.4 Å². The lowest BCUT2D eigenvalue weighted by Gasteiger charge is -2.30. The number of carbonyl (C=O) groups is 2. The minimum Gasteiger partial charge on any atom is -0.396 e. The number of nitrogens with one attached hydrogen (secondary N) is 2. The maximum Gasteiger partial charge on any atom is 0.253 e. The third-order valence-corrected chi connectivity index (χ3v) is 4.48. The van der Waals surface area contributed by atoms with Crippen molar-refractivity contribution in [1.29, 1.82) is 0 Å². The van der Waals surface area contributed by atoms with E-state index >= 15 is 0 Å². The number of hydrogen-bond donors (Lipinski definition) is 3. The Morgan fingerprint density at radius 2 is 2.00 bits per heavy atom. The van der Waals surface area contributed by atoms with Crippen LogP contribution in [0.4, 0.5) is 0 Å². The summed E-state index contributed by atoms with van der Waals surface area (Å²) in [5, 5.41) is 15.0. The van der Waals surface area contributed by atoms with E-state index in [1.807, 2.05) is 0 Å². The molecule has 0 saturated carbocycles. The van der Waals surface area contributed by atoms with Crippen LogP contribution < -0.4 is 10.6 Å². The maximum absolute atomic E-state index is 12.1. The van der Waals surface area contributed by atoms with Gasteiger partial charge in [0.2, 0.25) is 5.91 Å². The minimum absolute atomic E-state index is 0.00822. The molecule has 1 heterocycles. The van der Waals surface area contributed by atoms with E-state index in [0.717, 1.165) is 12.8 Å². The number of amides is 2. The Morgan fingerprint density at radius 3 is 2.67 bits per heavy atom. The molecular formula is C17H23ClN2O4. The largest absolute Gasteiger partial charge is 0.396 e. The molecular weight excluding hydrogens is 332 g/mol. The molecule has 2 rings (SSSR count). The number of carbonyl (C=O) groups excluding carboxylic acids is 2. The highest BCUT2D eigenvalue weighted by atomic mass is 35.5. The molecule has 0 aliphatic carbocycles. The van der Waals surface area contributed by atoms with Crippen molar-refractivity contribution in [2.24, 2.45) is 5.92 Å². The zero-order chi connectivity index (χ0) is 17.4. The Labute approximate surface area is 146 Å². The van der Waals surface area contributed by atoms with E-state index in [9.17, 15) is 14.7 Å². The van der Waals surface area contributed by atoms with Crippen LogP contribution in [0.1, 0.15) is 29.6 Å². The lowest BCUT2D eigenvalue weighted by Crippen LogP contribution is -2.46. The molecule has 132 valence electrons. The number of halogens is 1. The van der Waals surface area contributed by atoms with E-state index in [-0.39, 0.29) is 36.9 Å². The number of ether oxygens (including phenoxy) is 1. The minimum atomic E-state index is -0.388. The van der Waals surface area contributed by atoms with Crippen molar-refractivity contribution in [3.63, 3.8) is 0 Å². The number of aliphatic hydroxyl groups is 1. The number of rotatable bonds is 7. The fourth-order valence-corrected chi connectivity index (χ4v) is 3.06. The fraction of sp³-hybridized carbons (Fsp3) is 0.529. The van der Waals surface area contributed by atoms with E-state index in [1.165, 1.54) is 0 Å². The van der Waals surface area contributed by atoms with Gasteiger partial charge in [0.05, 0.1) is 17.1 Å². The molecule has 1 atom stereocenters. The first-order chi connectivity index (χ1) is 11.6. The van der Waals surface area contributed by atoms with E-state index in [4.69, 9.17) is 16.3 Å². The van der Waals surface area contributed by atoms with Gasteiger partial charge in [0, 0.05) is 25.9 Å². The lowest BCUT2D eigenvalue weighted by molar-refractivity contribution is -0.121. The van der Waals surface area contributed by atoms with Gasteiger partial charge in [-0.3, -0.25) is 9.59 Å². The van der Waals surface area contributed by atoms with Gasteiger partial charge in [-0.1, -0.05) is 23.7 Å². The molecule has 6 nitrogen and oxygen atoms in total. The lowest BCUT2D eigenvalue weighted by atomic mass is 9.90. The Kier molecular flexibility index (Phi) is 7.49. The smallest absolute Gasteiger partial charge is 0.253 e. The van der Waals surface area contributed by atoms with Gasteiger partial charge in [0.25, 0.3) is 5.91 Å². The molecule has 7 heteroatoms. The molecule has 24 heavy (non-hydrogen) atoms. The predicted molar refractivity (Wildman–Crippen MR) is 91.0 cm³/mol. The Morgan fingerprint density at radius 1 is 1.29 bits per heavy atom. The average molecular weight is 355 g/mol. The molecule has 3 N–H and O–H groups in total. The quantitative estimate of drug-likeness (QED) is 0.690. The second-order valence-corrected chi connectivity index (χ2v) is 6.21. The highest BCUT2D eigenvalue weighted by Gasteiger charge is 2.25. The van der Waals surface area contributed by atoms with Crippen LogP contribution in [0.5, 0.6) is 0 Å². The molecule has 0 aromatic heterocycles. The standard InChI is InChI=1S/C17H23ClN2O4/c18-14-4-2-1-3-13(14)17(23)19-11-16(22)20-15(5-8-21)12-6-9-24-10-7-12/h1-4,12,15,21H,5-11H2,(H,19,23)(H,20,22). The number of benzene rings is 1. The first kappa shape index (κ1) is 18.7. The van der Waals surface area contributed by atoms with Gasteiger partial charge >= 0.3 is 0 Å². The van der Waals surface area contributed by atoms with Crippen molar-refractivity contribution in [3.05, 3.63) is 34.9 Å². The highest BCUT2D eigenvalue weighted by molar-refractivity contribution is 6.33. The second kappa shape index (κ2) is 9.61. The first-order valence-corrected chi connectivity index (χ1v) is 8.50. The third-order valence-electron chi connectivity index (χ3n) is 4.15. The number of hydrogen-bond acceptors (Lipinski definition) is 4. The van der Waals surface area contributed by atoms with Crippen LogP contribution in [-0.4, -0.2) is 49.3 Å². The number of aliphatic hydroxyl groups excluding tert-OH is 1. The van der Waals surface area contributed by atoms with Gasteiger partial charge in [0.15, 0.2) is 0 Å². The topological polar surface area (TPSA) is 87.7 Å². The van der Waals surface area contributed by atoms with Crippen LogP contribution in [0.25, 0.3) is 0 Å². The molecule has 1 aromatic carbocycles. The van der Waals surface area contributed by atoms with Gasteiger partial charge in [-0.05, 0) is 37.3 Å². The SMILES string of the molecule is O=C(CNC(=O)c1ccccc1Cl)NC(CCO)C1CCOCC1. The van der Waals surface area contributed by atoms with Gasteiger partial charge in [-0.25, -0.2) is 0 Å². The Bertz CT molecular complexity index is 561. The molecule has 1 saturated heterocycles. The van der Waals surface area contributed by atoms with Crippen molar-refractivity contribution in [3.8, 4) is 0 Å². The molecule has 1 aliphatic rings. The van der Waals surface area contributed by atoms with E-state index in [1.54, 1.807) is 24.3 Å². The van der Waals surface area contributed by atoms with Gasteiger partial charge in [-0.2, -0.15) is 0 Å². The first-order valence-electron chi connectivity index (χ1n) is 8.12. The van der Waals surface area contributed by atoms with Crippen LogP contribution in [0.3, 0.4) is 0 Å². The fourth-order valence-electron chi connectivity index (χ4n) is 2.84. The van der Waals surface area contributed by atoms with Crippen molar-refractivity contribution in [2.45, 2.75) is 25.3 Å². The normalized spacial score (nSPS) is 16.4. The van der Waals surface area contributed by atoms with Crippen molar-refractivity contribution in [1.82, 2.24) is 10.6 Å². The Hall–Kier alpha value is -1.63. The zero-order valence-electron chi connectivity index (χ0n) is 13.5. The summed E-state index contributed by atoms with van der Waals surface area (Å²) in [6.45, 7) is 1.22. The average Bonchev–Trinajstić information content (AvgIpc) is 2.60. The van der Waals surface area contributed by atoms with Crippen LogP contribution in [0, 0.1) is 5.92 Å². The Balaban J connectivity index is 1.84. The van der Waals surface area contributed by atoms with Crippen molar-refractivity contribution >= 4 is 23.4 Å².